The Balaban J connectivity index is 1.92. The molecule has 2 aromatic rings. The topological polar surface area (TPSA) is 105 Å². The van der Waals surface area contributed by atoms with E-state index >= 15 is 0 Å². The molecular formula is C21H30N4O4S. The van der Waals surface area contributed by atoms with E-state index in [-0.39, 0.29) is 22.4 Å². The van der Waals surface area contributed by atoms with Gasteiger partial charge >= 0.3 is 0 Å². The van der Waals surface area contributed by atoms with Gasteiger partial charge in [0.1, 0.15) is 5.54 Å². The number of nitrogens with one attached hydrogen (secondary N) is 1. The van der Waals surface area contributed by atoms with Crippen LogP contribution in [0.2, 0.25) is 0 Å². The summed E-state index contributed by atoms with van der Waals surface area (Å²) in [6.07, 6.45) is 5.49. The van der Waals surface area contributed by atoms with Crippen molar-refractivity contribution in [3.8, 4) is 0 Å². The molecule has 3 rings (SSSR count). The Bertz CT molecular complexity index is 992. The highest BCUT2D eigenvalue weighted by atomic mass is 32.2. The Labute approximate surface area is 178 Å². The molecule has 1 aliphatic rings. The molecule has 1 aliphatic carbocycles. The summed E-state index contributed by atoms with van der Waals surface area (Å²) >= 11 is 0. The molecule has 1 heterocycles. The normalized spacial score (nSPS) is 17.1. The summed E-state index contributed by atoms with van der Waals surface area (Å²) in [5.41, 5.74) is -0.424. The molecule has 0 saturated heterocycles. The number of aryl methyl sites for hydroxylation is 1. The summed E-state index contributed by atoms with van der Waals surface area (Å²) < 4.78 is 32.1. The summed E-state index contributed by atoms with van der Waals surface area (Å²) in [4.78, 5) is 17.7. The lowest BCUT2D eigenvalue weighted by Gasteiger charge is -2.31. The van der Waals surface area contributed by atoms with Crippen molar-refractivity contribution in [2.24, 2.45) is 0 Å². The van der Waals surface area contributed by atoms with Gasteiger partial charge in [0.05, 0.1) is 4.90 Å². The Kier molecular flexibility index (Phi) is 6.62. The number of hydrogen-bond donors (Lipinski definition) is 1. The predicted octanol–water partition coefficient (Wildman–Crippen LogP) is 3.39. The quantitative estimate of drug-likeness (QED) is 0.699. The molecule has 0 aliphatic heterocycles. The number of amides is 1. The van der Waals surface area contributed by atoms with Crippen molar-refractivity contribution >= 4 is 15.9 Å². The van der Waals surface area contributed by atoms with E-state index in [0.717, 1.165) is 25.7 Å². The summed E-state index contributed by atoms with van der Waals surface area (Å²) in [7, 11) is -2.15. The molecule has 9 heteroatoms. The van der Waals surface area contributed by atoms with Crippen LogP contribution in [0.15, 0.2) is 33.7 Å². The average molecular weight is 435 g/mol. The largest absolute Gasteiger partial charge is 0.340 e. The Morgan fingerprint density at radius 1 is 1.20 bits per heavy atom. The number of hydrogen-bond acceptors (Lipinski definition) is 6. The van der Waals surface area contributed by atoms with E-state index in [1.807, 2.05) is 0 Å². The molecule has 30 heavy (non-hydrogen) atoms. The van der Waals surface area contributed by atoms with Crippen molar-refractivity contribution in [2.45, 2.75) is 75.8 Å². The molecular weight excluding hydrogens is 404 g/mol. The van der Waals surface area contributed by atoms with Crippen LogP contribution in [0.3, 0.4) is 0 Å². The highest BCUT2D eigenvalue weighted by molar-refractivity contribution is 7.89. The van der Waals surface area contributed by atoms with Gasteiger partial charge in [-0.1, -0.05) is 36.9 Å². The number of nitrogens with zero attached hydrogens (tertiary/aromatic N) is 3. The number of aromatic nitrogens is 2. The summed E-state index contributed by atoms with van der Waals surface area (Å²) in [6, 6.07) is 5.96. The summed E-state index contributed by atoms with van der Waals surface area (Å²) in [6.45, 7) is 5.33. The first kappa shape index (κ1) is 22.4. The third-order valence-electron chi connectivity index (χ3n) is 5.77. The van der Waals surface area contributed by atoms with Gasteiger partial charge in [-0.3, -0.25) is 4.79 Å². The average Bonchev–Trinajstić information content (AvgIpc) is 3.02. The molecule has 1 saturated carbocycles. The first-order chi connectivity index (χ1) is 14.2. The fourth-order valence-electron chi connectivity index (χ4n) is 3.76. The van der Waals surface area contributed by atoms with Gasteiger partial charge < -0.3 is 9.84 Å². The van der Waals surface area contributed by atoms with E-state index in [2.05, 4.69) is 15.5 Å². The molecule has 1 aromatic heterocycles. The molecule has 0 atom stereocenters. The second-order valence-corrected chi connectivity index (χ2v) is 10.2. The molecule has 1 N–H and O–H groups in total. The van der Waals surface area contributed by atoms with Gasteiger partial charge in [0, 0.05) is 25.6 Å². The molecule has 0 spiro atoms. The second kappa shape index (κ2) is 8.85. The SMILES string of the molecule is Cc1nc(C2(NC(=O)c3cccc(S(=O)(=O)N(C)C(C)C)c3)CCCCCC2)no1. The van der Waals surface area contributed by atoms with Crippen molar-refractivity contribution in [1.82, 2.24) is 19.8 Å². The van der Waals surface area contributed by atoms with Gasteiger partial charge in [0.15, 0.2) is 5.82 Å². The number of carbonyl (C=O) groups is 1. The minimum Gasteiger partial charge on any atom is -0.340 e. The van der Waals surface area contributed by atoms with Crippen LogP contribution in [0.1, 0.15) is 74.4 Å². The van der Waals surface area contributed by atoms with E-state index < -0.39 is 15.6 Å². The lowest BCUT2D eigenvalue weighted by Crippen LogP contribution is -2.46. The molecule has 8 nitrogen and oxygen atoms in total. The molecule has 0 unspecified atom stereocenters. The second-order valence-electron chi connectivity index (χ2n) is 8.23. The van der Waals surface area contributed by atoms with Gasteiger partial charge in [0.25, 0.3) is 5.91 Å². The van der Waals surface area contributed by atoms with Crippen LogP contribution in [0.5, 0.6) is 0 Å². The third kappa shape index (κ3) is 4.57. The smallest absolute Gasteiger partial charge is 0.252 e. The molecule has 0 bridgehead atoms. The Morgan fingerprint density at radius 2 is 1.87 bits per heavy atom. The maximum Gasteiger partial charge on any atom is 0.252 e. The van der Waals surface area contributed by atoms with E-state index in [1.165, 1.54) is 23.5 Å². The number of rotatable bonds is 6. The maximum absolute atomic E-state index is 13.2. The fourth-order valence-corrected chi connectivity index (χ4v) is 5.18. The van der Waals surface area contributed by atoms with Crippen LogP contribution in [-0.4, -0.2) is 41.9 Å². The van der Waals surface area contributed by atoms with Crippen molar-refractivity contribution in [3.63, 3.8) is 0 Å². The van der Waals surface area contributed by atoms with Crippen LogP contribution in [0.25, 0.3) is 0 Å². The van der Waals surface area contributed by atoms with Crippen molar-refractivity contribution in [1.29, 1.82) is 0 Å². The van der Waals surface area contributed by atoms with E-state index in [9.17, 15) is 13.2 Å². The number of carbonyl (C=O) groups excluding carboxylic acids is 1. The maximum atomic E-state index is 13.2. The molecule has 0 radical (unpaired) electrons. The van der Waals surface area contributed by atoms with E-state index in [4.69, 9.17) is 4.52 Å². The van der Waals surface area contributed by atoms with Crippen LogP contribution in [0, 0.1) is 6.92 Å². The van der Waals surface area contributed by atoms with Crippen LogP contribution in [-0.2, 0) is 15.6 Å². The minimum absolute atomic E-state index is 0.0941. The third-order valence-corrected chi connectivity index (χ3v) is 7.80. The van der Waals surface area contributed by atoms with Crippen LogP contribution >= 0.6 is 0 Å². The van der Waals surface area contributed by atoms with Gasteiger partial charge in [-0.05, 0) is 44.9 Å². The lowest BCUT2D eigenvalue weighted by atomic mass is 9.88. The molecule has 1 fully saturated rings. The Morgan fingerprint density at radius 3 is 2.43 bits per heavy atom. The monoisotopic (exact) mass is 434 g/mol. The van der Waals surface area contributed by atoms with Gasteiger partial charge in [-0.25, -0.2) is 8.42 Å². The number of sulfonamides is 1. The zero-order valence-corrected chi connectivity index (χ0v) is 18.8. The first-order valence-electron chi connectivity index (χ1n) is 10.4. The van der Waals surface area contributed by atoms with E-state index in [0.29, 0.717) is 24.6 Å². The van der Waals surface area contributed by atoms with Gasteiger partial charge in [0.2, 0.25) is 15.9 Å². The van der Waals surface area contributed by atoms with Crippen molar-refractivity contribution in [2.75, 3.05) is 7.05 Å². The lowest BCUT2D eigenvalue weighted by molar-refractivity contribution is 0.0876. The van der Waals surface area contributed by atoms with Crippen molar-refractivity contribution < 1.29 is 17.7 Å². The Hall–Kier alpha value is -2.26. The van der Waals surface area contributed by atoms with E-state index in [1.54, 1.807) is 32.9 Å². The fraction of sp³-hybridized carbons (Fsp3) is 0.571. The van der Waals surface area contributed by atoms with Gasteiger partial charge in [-0.2, -0.15) is 9.29 Å². The van der Waals surface area contributed by atoms with Crippen LogP contribution in [0.4, 0.5) is 0 Å². The highest BCUT2D eigenvalue weighted by Gasteiger charge is 2.39. The summed E-state index contributed by atoms with van der Waals surface area (Å²) in [5.74, 6) is 0.592. The molecule has 1 aromatic carbocycles. The first-order valence-corrected chi connectivity index (χ1v) is 11.8. The predicted molar refractivity (Wildman–Crippen MR) is 112 cm³/mol. The standard InChI is InChI=1S/C21H30N4O4S/c1-15(2)25(4)30(27,28)18-11-9-10-17(14-18)19(26)23-21(12-7-5-6-8-13-21)20-22-16(3)29-24-20/h9-11,14-15H,5-8,12-13H2,1-4H3,(H,23,26). The minimum atomic E-state index is -3.68. The highest BCUT2D eigenvalue weighted by Crippen LogP contribution is 2.35. The zero-order chi connectivity index (χ0) is 21.9. The van der Waals surface area contributed by atoms with Crippen molar-refractivity contribution in [3.05, 3.63) is 41.5 Å². The molecule has 164 valence electrons. The zero-order valence-electron chi connectivity index (χ0n) is 18.0. The summed E-state index contributed by atoms with van der Waals surface area (Å²) in [5, 5.41) is 7.21. The van der Waals surface area contributed by atoms with Crippen LogP contribution < -0.4 is 5.32 Å². The number of benzene rings is 1. The molecule has 1 amide bonds. The van der Waals surface area contributed by atoms with Gasteiger partial charge in [-0.15, -0.1) is 0 Å².